The molecule has 1 amide bonds. The molecular weight excluding hydrogens is 408 g/mol. The summed E-state index contributed by atoms with van der Waals surface area (Å²) in [6.45, 7) is 0. The van der Waals surface area contributed by atoms with E-state index in [0.29, 0.717) is 6.07 Å². The molecule has 0 saturated heterocycles. The number of nitrogens with zero attached hydrogens (tertiary/aromatic N) is 1. The minimum atomic E-state index is -4.80. The van der Waals surface area contributed by atoms with E-state index in [4.69, 9.17) is 4.74 Å². The van der Waals surface area contributed by atoms with Crippen molar-refractivity contribution in [2.24, 2.45) is 0 Å². The Balaban J connectivity index is 1.87. The summed E-state index contributed by atoms with van der Waals surface area (Å²) in [7, 11) is 0. The number of nitro groups is 1. The smallest absolute Gasteiger partial charge is 0.420 e. The molecule has 1 N–H and O–H groups in total. The number of non-ortho nitro benzene ring substituents is 1. The van der Waals surface area contributed by atoms with Crippen molar-refractivity contribution in [3.05, 3.63) is 93.8 Å². The summed E-state index contributed by atoms with van der Waals surface area (Å²) < 4.78 is 58.6. The molecule has 3 aromatic carbocycles. The molecule has 0 aromatic heterocycles. The quantitative estimate of drug-likeness (QED) is 0.321. The Bertz CT molecular complexity index is 1100. The highest BCUT2D eigenvalue weighted by atomic mass is 19.4. The van der Waals surface area contributed by atoms with Gasteiger partial charge in [0.15, 0.2) is 0 Å². The molecule has 0 aliphatic rings. The predicted octanol–water partition coefficient (Wildman–Crippen LogP) is 5.80. The molecule has 0 aliphatic carbocycles. The Morgan fingerprint density at radius 2 is 1.70 bits per heavy atom. The minimum Gasteiger partial charge on any atom is -0.457 e. The molecule has 0 fully saturated rings. The fraction of sp³-hybridized carbons (Fsp3) is 0.0500. The molecule has 154 valence electrons. The number of anilines is 1. The van der Waals surface area contributed by atoms with Crippen LogP contribution in [0.3, 0.4) is 0 Å². The van der Waals surface area contributed by atoms with E-state index in [9.17, 15) is 32.5 Å². The van der Waals surface area contributed by atoms with Crippen LogP contribution in [-0.2, 0) is 6.18 Å². The number of benzene rings is 3. The second-order valence-electron chi connectivity index (χ2n) is 6.03. The molecular formula is C20H12F4N2O4. The van der Waals surface area contributed by atoms with E-state index in [0.717, 1.165) is 24.3 Å². The van der Waals surface area contributed by atoms with Crippen LogP contribution in [-0.4, -0.2) is 10.8 Å². The van der Waals surface area contributed by atoms with Crippen molar-refractivity contribution < 1.29 is 32.0 Å². The fourth-order valence-electron chi connectivity index (χ4n) is 2.51. The zero-order valence-corrected chi connectivity index (χ0v) is 14.9. The van der Waals surface area contributed by atoms with Gasteiger partial charge in [0.2, 0.25) is 0 Å². The van der Waals surface area contributed by atoms with Gasteiger partial charge in [0, 0.05) is 23.4 Å². The number of ether oxygens (including phenoxy) is 1. The first-order valence-electron chi connectivity index (χ1n) is 8.34. The van der Waals surface area contributed by atoms with Crippen LogP contribution in [0.25, 0.3) is 0 Å². The lowest BCUT2D eigenvalue weighted by Crippen LogP contribution is -2.14. The van der Waals surface area contributed by atoms with Gasteiger partial charge in [0.05, 0.1) is 4.92 Å². The zero-order chi connectivity index (χ0) is 21.9. The maximum atomic E-state index is 13.5. The SMILES string of the molecule is O=C(Nc1ccc(Oc2ccc(F)cc2)c(C(F)(F)F)c1)c1cccc([N+](=O)[O-])c1. The van der Waals surface area contributed by atoms with Crippen molar-refractivity contribution in [1.82, 2.24) is 0 Å². The van der Waals surface area contributed by atoms with Crippen LogP contribution in [0.1, 0.15) is 15.9 Å². The third kappa shape index (κ3) is 4.90. The molecule has 3 rings (SSSR count). The molecule has 6 nitrogen and oxygen atoms in total. The Kier molecular flexibility index (Phi) is 5.67. The Labute approximate surface area is 166 Å². The molecule has 0 aliphatic heterocycles. The minimum absolute atomic E-state index is 0.00437. The standard InChI is InChI=1S/C20H12F4N2O4/c21-13-4-7-16(8-5-13)30-18-9-6-14(11-17(18)20(22,23)24)25-19(27)12-2-1-3-15(10-12)26(28)29/h1-11H,(H,25,27). The number of rotatable bonds is 5. The molecule has 0 radical (unpaired) electrons. The van der Waals surface area contributed by atoms with Crippen molar-refractivity contribution in [3.8, 4) is 11.5 Å². The van der Waals surface area contributed by atoms with Gasteiger partial charge in [-0.05, 0) is 48.5 Å². The topological polar surface area (TPSA) is 81.5 Å². The third-order valence-electron chi connectivity index (χ3n) is 3.90. The van der Waals surface area contributed by atoms with Gasteiger partial charge in [-0.15, -0.1) is 0 Å². The van der Waals surface area contributed by atoms with Crippen LogP contribution in [0.5, 0.6) is 11.5 Å². The number of hydrogen-bond acceptors (Lipinski definition) is 4. The van der Waals surface area contributed by atoms with E-state index in [1.165, 1.54) is 36.4 Å². The van der Waals surface area contributed by atoms with Crippen LogP contribution < -0.4 is 10.1 Å². The first kappa shape index (κ1) is 20.8. The second kappa shape index (κ2) is 8.19. The number of amides is 1. The summed E-state index contributed by atoms with van der Waals surface area (Å²) >= 11 is 0. The van der Waals surface area contributed by atoms with Crippen LogP contribution in [0.4, 0.5) is 28.9 Å². The lowest BCUT2D eigenvalue weighted by molar-refractivity contribution is -0.384. The average molecular weight is 420 g/mol. The normalized spacial score (nSPS) is 11.1. The lowest BCUT2D eigenvalue weighted by atomic mass is 10.1. The van der Waals surface area contributed by atoms with E-state index >= 15 is 0 Å². The first-order chi connectivity index (χ1) is 14.1. The Morgan fingerprint density at radius 3 is 2.33 bits per heavy atom. The number of nitrogens with one attached hydrogen (secondary N) is 1. The predicted molar refractivity (Wildman–Crippen MR) is 99.0 cm³/mol. The lowest BCUT2D eigenvalue weighted by Gasteiger charge is -2.15. The van der Waals surface area contributed by atoms with E-state index < -0.39 is 34.1 Å². The van der Waals surface area contributed by atoms with Crippen LogP contribution in [0.2, 0.25) is 0 Å². The first-order valence-corrected chi connectivity index (χ1v) is 8.34. The maximum Gasteiger partial charge on any atom is 0.420 e. The van der Waals surface area contributed by atoms with E-state index in [-0.39, 0.29) is 22.7 Å². The van der Waals surface area contributed by atoms with Crippen LogP contribution in [0.15, 0.2) is 66.7 Å². The van der Waals surface area contributed by atoms with Crippen LogP contribution >= 0.6 is 0 Å². The average Bonchev–Trinajstić information content (AvgIpc) is 2.70. The van der Waals surface area contributed by atoms with Crippen molar-refractivity contribution in [3.63, 3.8) is 0 Å². The molecule has 0 heterocycles. The summed E-state index contributed by atoms with van der Waals surface area (Å²) in [4.78, 5) is 22.4. The second-order valence-corrected chi connectivity index (χ2v) is 6.03. The summed E-state index contributed by atoms with van der Waals surface area (Å²) in [6, 6.07) is 12.1. The number of hydrogen-bond donors (Lipinski definition) is 1. The number of nitro benzene ring substituents is 1. The van der Waals surface area contributed by atoms with Gasteiger partial charge >= 0.3 is 6.18 Å². The number of halogens is 4. The molecule has 10 heteroatoms. The van der Waals surface area contributed by atoms with Crippen molar-refractivity contribution in [1.29, 1.82) is 0 Å². The molecule has 3 aromatic rings. The molecule has 0 spiro atoms. The Morgan fingerprint density at radius 1 is 1.00 bits per heavy atom. The van der Waals surface area contributed by atoms with Crippen molar-refractivity contribution in [2.75, 3.05) is 5.32 Å². The summed E-state index contributed by atoms with van der Waals surface area (Å²) in [5.74, 6) is -1.94. The summed E-state index contributed by atoms with van der Waals surface area (Å²) in [5.41, 5.74) is -1.78. The van der Waals surface area contributed by atoms with Gasteiger partial charge in [-0.25, -0.2) is 4.39 Å². The summed E-state index contributed by atoms with van der Waals surface area (Å²) in [6.07, 6.45) is -4.80. The van der Waals surface area contributed by atoms with Gasteiger partial charge < -0.3 is 10.1 Å². The van der Waals surface area contributed by atoms with E-state index in [1.54, 1.807) is 0 Å². The molecule has 0 atom stereocenters. The molecule has 0 unspecified atom stereocenters. The fourth-order valence-corrected chi connectivity index (χ4v) is 2.51. The summed E-state index contributed by atoms with van der Waals surface area (Å²) in [5, 5.41) is 13.1. The molecule has 0 saturated carbocycles. The third-order valence-corrected chi connectivity index (χ3v) is 3.90. The highest BCUT2D eigenvalue weighted by Gasteiger charge is 2.35. The Hall–Kier alpha value is -3.95. The van der Waals surface area contributed by atoms with Gasteiger partial charge in [-0.2, -0.15) is 13.2 Å². The number of carbonyl (C=O) groups is 1. The highest BCUT2D eigenvalue weighted by molar-refractivity contribution is 6.04. The highest BCUT2D eigenvalue weighted by Crippen LogP contribution is 2.39. The van der Waals surface area contributed by atoms with E-state index in [1.807, 2.05) is 0 Å². The van der Waals surface area contributed by atoms with Crippen molar-refractivity contribution in [2.45, 2.75) is 6.18 Å². The zero-order valence-electron chi connectivity index (χ0n) is 14.9. The number of carbonyl (C=O) groups excluding carboxylic acids is 1. The van der Waals surface area contributed by atoms with E-state index in [2.05, 4.69) is 5.32 Å². The van der Waals surface area contributed by atoms with Gasteiger partial charge in [-0.1, -0.05) is 6.07 Å². The number of alkyl halides is 3. The maximum absolute atomic E-state index is 13.5. The van der Waals surface area contributed by atoms with Gasteiger partial charge in [-0.3, -0.25) is 14.9 Å². The van der Waals surface area contributed by atoms with Crippen molar-refractivity contribution >= 4 is 17.3 Å². The monoisotopic (exact) mass is 420 g/mol. The van der Waals surface area contributed by atoms with Crippen LogP contribution in [0, 0.1) is 15.9 Å². The largest absolute Gasteiger partial charge is 0.457 e. The van der Waals surface area contributed by atoms with Gasteiger partial charge in [0.25, 0.3) is 11.6 Å². The van der Waals surface area contributed by atoms with Gasteiger partial charge in [0.1, 0.15) is 22.9 Å². The molecule has 0 bridgehead atoms. The molecule has 30 heavy (non-hydrogen) atoms.